The van der Waals surface area contributed by atoms with E-state index in [0.717, 1.165) is 5.82 Å². The smallest absolute Gasteiger partial charge is 0.298 e. The molecule has 18 heavy (non-hydrogen) atoms. The van der Waals surface area contributed by atoms with Gasteiger partial charge in [0, 0.05) is 23.5 Å². The molecule has 0 bridgehead atoms. The summed E-state index contributed by atoms with van der Waals surface area (Å²) in [6, 6.07) is 5.29. The topological polar surface area (TPSA) is 70.3 Å². The quantitative estimate of drug-likeness (QED) is 0.859. The molecule has 0 saturated heterocycles. The number of nitrogens with two attached hydrogens (primary N) is 1. The summed E-state index contributed by atoms with van der Waals surface area (Å²) in [6.45, 7) is 0. The minimum Gasteiger partial charge on any atom is -0.497 e. The lowest BCUT2D eigenvalue weighted by molar-refractivity contribution is 0.413. The Bertz CT molecular complexity index is 566. The SMILES string of the molecule is COc1ccc(Oc2nc(C3CC3)ns2)c(N)c1. The molecule has 1 saturated carbocycles. The van der Waals surface area contributed by atoms with Crippen LogP contribution in [-0.2, 0) is 0 Å². The summed E-state index contributed by atoms with van der Waals surface area (Å²) in [5.74, 6) is 2.71. The number of rotatable bonds is 4. The first kappa shape index (κ1) is 11.3. The average molecular weight is 263 g/mol. The third-order valence-electron chi connectivity index (χ3n) is 2.78. The van der Waals surface area contributed by atoms with Crippen LogP contribution in [0.25, 0.3) is 0 Å². The van der Waals surface area contributed by atoms with Crippen LogP contribution >= 0.6 is 11.5 Å². The molecule has 1 aromatic carbocycles. The molecule has 5 nitrogen and oxygen atoms in total. The summed E-state index contributed by atoms with van der Waals surface area (Å²) >= 11 is 1.26. The van der Waals surface area contributed by atoms with Crippen molar-refractivity contribution < 1.29 is 9.47 Å². The summed E-state index contributed by atoms with van der Waals surface area (Å²) in [4.78, 5) is 4.35. The third-order valence-corrected chi connectivity index (χ3v) is 3.39. The maximum Gasteiger partial charge on any atom is 0.298 e. The maximum absolute atomic E-state index is 5.88. The number of benzene rings is 1. The molecule has 3 rings (SSSR count). The van der Waals surface area contributed by atoms with E-state index < -0.39 is 0 Å². The molecule has 2 aromatic rings. The van der Waals surface area contributed by atoms with Gasteiger partial charge in [-0.1, -0.05) is 0 Å². The molecular weight excluding hydrogens is 250 g/mol. The maximum atomic E-state index is 5.88. The Morgan fingerprint density at radius 1 is 1.39 bits per heavy atom. The molecule has 0 radical (unpaired) electrons. The fourth-order valence-corrected chi connectivity index (χ4v) is 2.23. The van der Waals surface area contributed by atoms with E-state index in [1.54, 1.807) is 25.3 Å². The molecule has 1 heterocycles. The monoisotopic (exact) mass is 263 g/mol. The molecule has 2 N–H and O–H groups in total. The second-order valence-electron chi connectivity index (χ2n) is 4.20. The Morgan fingerprint density at radius 3 is 2.89 bits per heavy atom. The van der Waals surface area contributed by atoms with Crippen molar-refractivity contribution in [1.82, 2.24) is 9.36 Å². The zero-order chi connectivity index (χ0) is 12.5. The van der Waals surface area contributed by atoms with Crippen LogP contribution in [0.2, 0.25) is 0 Å². The van der Waals surface area contributed by atoms with E-state index in [4.69, 9.17) is 15.2 Å². The predicted molar refractivity (Wildman–Crippen MR) is 69.4 cm³/mol. The lowest BCUT2D eigenvalue weighted by Gasteiger charge is -2.06. The van der Waals surface area contributed by atoms with Gasteiger partial charge in [0.2, 0.25) is 0 Å². The highest BCUT2D eigenvalue weighted by Crippen LogP contribution is 2.40. The van der Waals surface area contributed by atoms with Crippen LogP contribution < -0.4 is 15.2 Å². The van der Waals surface area contributed by atoms with Crippen molar-refractivity contribution in [2.75, 3.05) is 12.8 Å². The van der Waals surface area contributed by atoms with Crippen molar-refractivity contribution >= 4 is 17.2 Å². The van der Waals surface area contributed by atoms with Crippen LogP contribution in [-0.4, -0.2) is 16.5 Å². The molecule has 0 spiro atoms. The largest absolute Gasteiger partial charge is 0.497 e. The molecule has 0 atom stereocenters. The van der Waals surface area contributed by atoms with Crippen LogP contribution in [0.5, 0.6) is 16.7 Å². The molecule has 1 aliphatic carbocycles. The van der Waals surface area contributed by atoms with E-state index in [2.05, 4.69) is 9.36 Å². The van der Waals surface area contributed by atoms with Gasteiger partial charge in [0.05, 0.1) is 12.8 Å². The minimum absolute atomic E-state index is 0.525. The lowest BCUT2D eigenvalue weighted by Crippen LogP contribution is -1.93. The van der Waals surface area contributed by atoms with E-state index in [9.17, 15) is 0 Å². The summed E-state index contributed by atoms with van der Waals surface area (Å²) < 4.78 is 15.0. The second kappa shape index (κ2) is 4.45. The van der Waals surface area contributed by atoms with Crippen molar-refractivity contribution in [1.29, 1.82) is 0 Å². The first-order valence-corrected chi connectivity index (χ1v) is 6.48. The Labute approximate surface area is 109 Å². The highest BCUT2D eigenvalue weighted by atomic mass is 32.1. The van der Waals surface area contributed by atoms with Gasteiger partial charge >= 0.3 is 0 Å². The number of nitrogens with zero attached hydrogens (tertiary/aromatic N) is 2. The standard InChI is InChI=1S/C12H13N3O2S/c1-16-8-4-5-10(9(13)6-8)17-12-14-11(15-18-12)7-2-3-7/h4-7H,2-3,13H2,1H3. The Hall–Kier alpha value is -1.82. The van der Waals surface area contributed by atoms with Gasteiger partial charge in [-0.15, -0.1) is 0 Å². The number of nitrogen functional groups attached to an aromatic ring is 1. The van der Waals surface area contributed by atoms with Crippen LogP contribution in [0, 0.1) is 0 Å². The number of hydrogen-bond donors (Lipinski definition) is 1. The Balaban J connectivity index is 1.78. The third kappa shape index (κ3) is 2.24. The fourth-order valence-electron chi connectivity index (χ4n) is 1.61. The molecule has 1 aliphatic rings. The van der Waals surface area contributed by atoms with E-state index in [1.807, 2.05) is 0 Å². The van der Waals surface area contributed by atoms with Gasteiger partial charge in [-0.05, 0) is 25.0 Å². The van der Waals surface area contributed by atoms with Crippen molar-refractivity contribution in [3.63, 3.8) is 0 Å². The van der Waals surface area contributed by atoms with Gasteiger partial charge in [-0.3, -0.25) is 0 Å². The van der Waals surface area contributed by atoms with E-state index >= 15 is 0 Å². The number of methoxy groups -OCH3 is 1. The van der Waals surface area contributed by atoms with Gasteiger partial charge < -0.3 is 15.2 Å². The highest BCUT2D eigenvalue weighted by Gasteiger charge is 2.28. The molecule has 6 heteroatoms. The van der Waals surface area contributed by atoms with Crippen LogP contribution in [0.3, 0.4) is 0 Å². The fraction of sp³-hybridized carbons (Fsp3) is 0.333. The van der Waals surface area contributed by atoms with Gasteiger partial charge in [0.25, 0.3) is 5.19 Å². The number of aromatic nitrogens is 2. The summed E-state index contributed by atoms with van der Waals surface area (Å²) in [6.07, 6.45) is 2.36. The van der Waals surface area contributed by atoms with E-state index in [-0.39, 0.29) is 0 Å². The first-order valence-electron chi connectivity index (χ1n) is 5.71. The van der Waals surface area contributed by atoms with Crippen molar-refractivity contribution in [3.05, 3.63) is 24.0 Å². The molecular formula is C12H13N3O2S. The second-order valence-corrected chi connectivity index (χ2v) is 4.91. The number of hydrogen-bond acceptors (Lipinski definition) is 6. The van der Waals surface area contributed by atoms with E-state index in [1.165, 1.54) is 24.4 Å². The first-order chi connectivity index (χ1) is 8.76. The number of anilines is 1. The Kier molecular flexibility index (Phi) is 2.79. The minimum atomic E-state index is 0.525. The van der Waals surface area contributed by atoms with Crippen LogP contribution in [0.4, 0.5) is 5.69 Å². The molecule has 0 aliphatic heterocycles. The summed E-state index contributed by atoms with van der Waals surface area (Å²) in [5.41, 5.74) is 6.40. The number of ether oxygens (including phenoxy) is 2. The average Bonchev–Trinajstić information content (AvgIpc) is 3.13. The molecule has 0 unspecified atom stereocenters. The Morgan fingerprint density at radius 2 is 2.22 bits per heavy atom. The van der Waals surface area contributed by atoms with Crippen molar-refractivity contribution in [2.24, 2.45) is 0 Å². The normalized spacial score (nSPS) is 14.5. The van der Waals surface area contributed by atoms with Crippen molar-refractivity contribution in [3.8, 4) is 16.7 Å². The summed E-state index contributed by atoms with van der Waals surface area (Å²) in [7, 11) is 1.60. The summed E-state index contributed by atoms with van der Waals surface area (Å²) in [5, 5.41) is 0.536. The zero-order valence-corrected chi connectivity index (χ0v) is 10.7. The highest BCUT2D eigenvalue weighted by molar-refractivity contribution is 7.07. The predicted octanol–water partition coefficient (Wildman–Crippen LogP) is 2.80. The van der Waals surface area contributed by atoms with Crippen molar-refractivity contribution in [2.45, 2.75) is 18.8 Å². The van der Waals surface area contributed by atoms with Gasteiger partial charge in [-0.2, -0.15) is 9.36 Å². The molecule has 1 aromatic heterocycles. The van der Waals surface area contributed by atoms with Gasteiger partial charge in [0.1, 0.15) is 11.6 Å². The molecule has 1 fully saturated rings. The molecule has 94 valence electrons. The molecule has 0 amide bonds. The van der Waals surface area contributed by atoms with Gasteiger partial charge in [0.15, 0.2) is 5.75 Å². The zero-order valence-electron chi connectivity index (χ0n) is 9.92. The van der Waals surface area contributed by atoms with Crippen LogP contribution in [0.1, 0.15) is 24.6 Å². The van der Waals surface area contributed by atoms with E-state index in [0.29, 0.717) is 28.3 Å². The van der Waals surface area contributed by atoms with Crippen LogP contribution in [0.15, 0.2) is 18.2 Å². The lowest BCUT2D eigenvalue weighted by atomic mass is 10.3. The van der Waals surface area contributed by atoms with Gasteiger partial charge in [-0.25, -0.2) is 0 Å².